The second-order valence-corrected chi connectivity index (χ2v) is 6.78. The molecule has 0 spiro atoms. The number of aliphatic imine (C=N–C) groups is 1. The molecule has 6 heteroatoms. The minimum atomic E-state index is -0.378. The van der Waals surface area contributed by atoms with Gasteiger partial charge in [0.25, 0.3) is 5.91 Å². The van der Waals surface area contributed by atoms with Crippen LogP contribution in [0.3, 0.4) is 0 Å². The molecule has 1 aliphatic heterocycles. The summed E-state index contributed by atoms with van der Waals surface area (Å²) < 4.78 is 24.4. The summed E-state index contributed by atoms with van der Waals surface area (Å²) >= 11 is 0. The fourth-order valence-electron chi connectivity index (χ4n) is 3.34. The van der Waals surface area contributed by atoms with E-state index in [1.807, 2.05) is 49.4 Å². The number of carbonyl (C=O) groups is 1. The lowest BCUT2D eigenvalue weighted by atomic mass is 10.1. The summed E-state index contributed by atoms with van der Waals surface area (Å²) in [5.41, 5.74) is 2.27. The molecule has 3 aromatic carbocycles. The van der Waals surface area contributed by atoms with Crippen LogP contribution in [0.4, 0.5) is 10.1 Å². The third-order valence-corrected chi connectivity index (χ3v) is 4.79. The van der Waals surface area contributed by atoms with Gasteiger partial charge in [0, 0.05) is 0 Å². The molecule has 5 nitrogen and oxygen atoms in total. The van der Waals surface area contributed by atoms with Crippen LogP contribution in [-0.4, -0.2) is 25.5 Å². The lowest BCUT2D eigenvalue weighted by molar-refractivity contribution is -0.113. The van der Waals surface area contributed by atoms with E-state index >= 15 is 0 Å². The molecule has 0 saturated heterocycles. The molecular formula is C25H21FN2O3. The van der Waals surface area contributed by atoms with E-state index < -0.39 is 0 Å². The molecule has 1 amide bonds. The maximum absolute atomic E-state index is 13.5. The van der Waals surface area contributed by atoms with Crippen molar-refractivity contribution in [1.29, 1.82) is 0 Å². The number of hydrogen-bond acceptors (Lipinski definition) is 4. The highest BCUT2D eigenvalue weighted by molar-refractivity contribution is 6.33. The van der Waals surface area contributed by atoms with Crippen LogP contribution in [0.2, 0.25) is 0 Å². The molecule has 3 aromatic rings. The van der Waals surface area contributed by atoms with Gasteiger partial charge in [-0.2, -0.15) is 0 Å². The predicted octanol–water partition coefficient (Wildman–Crippen LogP) is 5.07. The van der Waals surface area contributed by atoms with Gasteiger partial charge in [0.1, 0.15) is 23.0 Å². The highest BCUT2D eigenvalue weighted by Crippen LogP contribution is 2.31. The summed E-state index contributed by atoms with van der Waals surface area (Å²) in [5.74, 6) is 1.08. The van der Waals surface area contributed by atoms with Crippen LogP contribution in [0.1, 0.15) is 18.1 Å². The Morgan fingerprint density at radius 1 is 1.00 bits per heavy atom. The summed E-state index contributed by atoms with van der Waals surface area (Å²) in [6, 6.07) is 20.5. The summed E-state index contributed by atoms with van der Waals surface area (Å²) in [4.78, 5) is 19.4. The molecule has 0 atom stereocenters. The van der Waals surface area contributed by atoms with E-state index in [0.29, 0.717) is 29.4 Å². The highest BCUT2D eigenvalue weighted by atomic mass is 19.1. The Hall–Kier alpha value is -3.93. The van der Waals surface area contributed by atoms with E-state index in [4.69, 9.17) is 9.47 Å². The van der Waals surface area contributed by atoms with Gasteiger partial charge < -0.3 is 9.47 Å². The monoisotopic (exact) mass is 416 g/mol. The zero-order chi connectivity index (χ0) is 21.8. The zero-order valence-corrected chi connectivity index (χ0v) is 17.2. The molecule has 0 N–H and O–H groups in total. The van der Waals surface area contributed by atoms with Gasteiger partial charge in [-0.05, 0) is 67.1 Å². The average molecular weight is 416 g/mol. The van der Waals surface area contributed by atoms with Crippen molar-refractivity contribution in [2.45, 2.75) is 6.92 Å². The van der Waals surface area contributed by atoms with Gasteiger partial charge in [0.05, 0.1) is 25.0 Å². The van der Waals surface area contributed by atoms with E-state index in [9.17, 15) is 9.18 Å². The molecule has 0 aliphatic carbocycles. The quantitative estimate of drug-likeness (QED) is 0.528. The molecule has 0 bridgehead atoms. The van der Waals surface area contributed by atoms with Crippen molar-refractivity contribution in [3.63, 3.8) is 0 Å². The zero-order valence-electron chi connectivity index (χ0n) is 17.2. The van der Waals surface area contributed by atoms with E-state index in [1.165, 1.54) is 17.0 Å². The maximum atomic E-state index is 13.5. The highest BCUT2D eigenvalue weighted by Gasteiger charge is 2.33. The molecule has 0 radical (unpaired) electrons. The van der Waals surface area contributed by atoms with Gasteiger partial charge in [-0.1, -0.05) is 24.3 Å². The number of ether oxygens (including phenoxy) is 2. The van der Waals surface area contributed by atoms with E-state index in [1.54, 1.807) is 31.4 Å². The first-order valence-electron chi connectivity index (χ1n) is 9.87. The van der Waals surface area contributed by atoms with E-state index in [-0.39, 0.29) is 17.4 Å². The summed E-state index contributed by atoms with van der Waals surface area (Å²) in [6.07, 6.45) is 1.72. The molecule has 31 heavy (non-hydrogen) atoms. The molecule has 1 heterocycles. The van der Waals surface area contributed by atoms with Crippen molar-refractivity contribution in [2.24, 2.45) is 4.99 Å². The number of nitrogens with zero attached hydrogens (tertiary/aromatic N) is 2. The molecule has 0 fully saturated rings. The number of anilines is 1. The number of hydrogen-bond donors (Lipinski definition) is 0. The van der Waals surface area contributed by atoms with E-state index in [0.717, 1.165) is 11.3 Å². The summed E-state index contributed by atoms with van der Waals surface area (Å²) in [7, 11) is 1.56. The molecule has 156 valence electrons. The van der Waals surface area contributed by atoms with Gasteiger partial charge in [-0.3, -0.25) is 9.69 Å². The van der Waals surface area contributed by atoms with Crippen LogP contribution in [0.5, 0.6) is 11.5 Å². The van der Waals surface area contributed by atoms with Gasteiger partial charge in [0.2, 0.25) is 0 Å². The van der Waals surface area contributed by atoms with Crippen molar-refractivity contribution < 1.29 is 18.7 Å². The second-order valence-electron chi connectivity index (χ2n) is 6.78. The number of amides is 1. The normalized spacial score (nSPS) is 14.7. The standard InChI is InChI=1S/C25H21FN2O3/c1-3-31-20-14-8-17(9-15-20)16-22-25(29)28(19-12-10-18(26)11-13-19)24(27-22)21-6-4-5-7-23(21)30-2/h4-16H,3H2,1-2H3/b22-16+. The summed E-state index contributed by atoms with van der Waals surface area (Å²) in [5, 5.41) is 0. The topological polar surface area (TPSA) is 51.1 Å². The van der Waals surface area contributed by atoms with Crippen LogP contribution < -0.4 is 14.4 Å². The van der Waals surface area contributed by atoms with Crippen LogP contribution in [0, 0.1) is 5.82 Å². The van der Waals surface area contributed by atoms with Crippen LogP contribution in [-0.2, 0) is 4.79 Å². The van der Waals surface area contributed by atoms with Crippen molar-refractivity contribution >= 4 is 23.5 Å². The Balaban J connectivity index is 1.79. The van der Waals surface area contributed by atoms with Crippen LogP contribution >= 0.6 is 0 Å². The number of carbonyl (C=O) groups excluding carboxylic acids is 1. The first kappa shape index (κ1) is 20.3. The molecule has 0 saturated carbocycles. The Morgan fingerprint density at radius 2 is 1.71 bits per heavy atom. The lowest BCUT2D eigenvalue weighted by Gasteiger charge is -2.19. The minimum Gasteiger partial charge on any atom is -0.496 e. The van der Waals surface area contributed by atoms with Crippen molar-refractivity contribution in [3.8, 4) is 11.5 Å². The molecule has 4 rings (SSSR count). The van der Waals surface area contributed by atoms with Gasteiger partial charge >= 0.3 is 0 Å². The third-order valence-electron chi connectivity index (χ3n) is 4.79. The van der Waals surface area contributed by atoms with Crippen LogP contribution in [0.15, 0.2) is 83.5 Å². The van der Waals surface area contributed by atoms with Gasteiger partial charge in [-0.25, -0.2) is 9.38 Å². The minimum absolute atomic E-state index is 0.273. The molecule has 0 aromatic heterocycles. The molecule has 1 aliphatic rings. The van der Waals surface area contributed by atoms with Crippen LogP contribution in [0.25, 0.3) is 6.08 Å². The van der Waals surface area contributed by atoms with Crippen molar-refractivity contribution in [1.82, 2.24) is 0 Å². The number of benzene rings is 3. The Morgan fingerprint density at radius 3 is 2.39 bits per heavy atom. The Bertz CT molecular complexity index is 1150. The number of halogens is 1. The fraction of sp³-hybridized carbons (Fsp3) is 0.120. The number of rotatable bonds is 6. The number of para-hydroxylation sites is 1. The van der Waals surface area contributed by atoms with E-state index in [2.05, 4.69) is 4.99 Å². The van der Waals surface area contributed by atoms with Crippen molar-refractivity contribution in [2.75, 3.05) is 18.6 Å². The fourth-order valence-corrected chi connectivity index (χ4v) is 3.34. The predicted molar refractivity (Wildman–Crippen MR) is 119 cm³/mol. The lowest BCUT2D eigenvalue weighted by Crippen LogP contribution is -2.32. The summed E-state index contributed by atoms with van der Waals surface area (Å²) in [6.45, 7) is 2.50. The Labute approximate surface area is 180 Å². The first-order chi connectivity index (χ1) is 15.1. The first-order valence-corrected chi connectivity index (χ1v) is 9.87. The second kappa shape index (κ2) is 8.83. The molecule has 0 unspecified atom stereocenters. The smallest absolute Gasteiger partial charge is 0.282 e. The van der Waals surface area contributed by atoms with Crippen molar-refractivity contribution in [3.05, 3.63) is 95.4 Å². The Kier molecular flexibility index (Phi) is 5.80. The van der Waals surface area contributed by atoms with Gasteiger partial charge in [0.15, 0.2) is 5.84 Å². The maximum Gasteiger partial charge on any atom is 0.282 e. The largest absolute Gasteiger partial charge is 0.496 e. The molecular weight excluding hydrogens is 395 g/mol. The number of methoxy groups -OCH3 is 1. The number of amidine groups is 1. The third kappa shape index (κ3) is 4.19. The average Bonchev–Trinajstić information content (AvgIpc) is 3.11. The SMILES string of the molecule is CCOc1ccc(/C=C2/N=C(c3ccccc3OC)N(c3ccc(F)cc3)C2=O)cc1. The van der Waals surface area contributed by atoms with Gasteiger partial charge in [-0.15, -0.1) is 0 Å².